The Kier molecular flexibility index (Phi) is 8.45. The number of piperidine rings is 2. The molecule has 0 bridgehead atoms. The van der Waals surface area contributed by atoms with Crippen molar-refractivity contribution >= 4 is 11.8 Å². The number of aromatic amines is 1. The lowest BCUT2D eigenvalue weighted by atomic mass is 9.71. The van der Waals surface area contributed by atoms with Crippen molar-refractivity contribution in [3.63, 3.8) is 0 Å². The molecule has 3 saturated heterocycles. The minimum Gasteiger partial charge on any atom is -0.342 e. The van der Waals surface area contributed by atoms with E-state index in [9.17, 15) is 9.59 Å². The molecule has 1 spiro atoms. The summed E-state index contributed by atoms with van der Waals surface area (Å²) in [5.41, 5.74) is 0.518. The second-order valence-electron chi connectivity index (χ2n) is 12.3. The van der Waals surface area contributed by atoms with Gasteiger partial charge in [-0.25, -0.2) is 0 Å². The molecule has 4 heterocycles. The highest BCUT2D eigenvalue weighted by atomic mass is 16.2. The number of hydrogen-bond donors (Lipinski definition) is 2. The molecule has 8 nitrogen and oxygen atoms in total. The minimum atomic E-state index is -0.721. The topological polar surface area (TPSA) is 84.6 Å². The van der Waals surface area contributed by atoms with Gasteiger partial charge in [-0.15, -0.1) is 0 Å². The lowest BCUT2D eigenvalue weighted by Crippen LogP contribution is -2.73. The second-order valence-corrected chi connectivity index (χ2v) is 12.3. The number of H-pyrrole nitrogens is 1. The number of carbonyl (C=O) groups is 2. The molecular weight excluding hydrogens is 452 g/mol. The highest BCUT2D eigenvalue weighted by molar-refractivity contribution is 6.00. The van der Waals surface area contributed by atoms with Crippen molar-refractivity contribution in [2.75, 3.05) is 39.8 Å². The zero-order valence-corrected chi connectivity index (χ0v) is 23.3. The summed E-state index contributed by atoms with van der Waals surface area (Å²) < 4.78 is 0. The lowest BCUT2D eigenvalue weighted by Gasteiger charge is -2.54. The average Bonchev–Trinajstić information content (AvgIpc) is 3.34. The smallest absolute Gasteiger partial charge is 0.246 e. The fourth-order valence-corrected chi connectivity index (χ4v) is 7.40. The SMILES string of the molecule is CCCCN1C(=O)[C@H](CC(C)C)NC(=O)C12CCN(C(c1cn[nH]c1)C1C(C)CN(C)CC1C)CC2. The maximum atomic E-state index is 13.7. The first-order valence-corrected chi connectivity index (χ1v) is 14.2. The standard InChI is InChI=1S/C28H48N6O2/c1-7-8-11-34-26(35)23(14-19(2)3)31-27(36)28(34)9-12-33(13-10-28)25(22-15-29-30-16-22)24-20(4)17-32(6)18-21(24)5/h15-16,19-21,23-25H,7-14,17-18H2,1-6H3,(H,29,30)(H,31,36)/t20?,21?,23-,24?,25?/m0/s1. The van der Waals surface area contributed by atoms with Crippen LogP contribution in [0, 0.1) is 23.7 Å². The summed E-state index contributed by atoms with van der Waals surface area (Å²) in [5.74, 6) is 2.18. The summed E-state index contributed by atoms with van der Waals surface area (Å²) in [6, 6.07) is -0.127. The molecule has 3 aliphatic heterocycles. The average molecular weight is 501 g/mol. The Labute approximate surface area is 217 Å². The quantitative estimate of drug-likeness (QED) is 0.572. The van der Waals surface area contributed by atoms with E-state index in [2.05, 4.69) is 67.0 Å². The molecule has 4 rings (SSSR count). The lowest BCUT2D eigenvalue weighted by molar-refractivity contribution is -0.162. The molecule has 0 aliphatic carbocycles. The number of nitrogens with zero attached hydrogens (tertiary/aromatic N) is 4. The van der Waals surface area contributed by atoms with Crippen molar-refractivity contribution in [3.8, 4) is 0 Å². The number of piperazine rings is 1. The molecule has 0 radical (unpaired) electrons. The molecule has 1 aromatic rings. The maximum absolute atomic E-state index is 13.7. The van der Waals surface area contributed by atoms with Crippen LogP contribution in [0.1, 0.15) is 78.3 Å². The van der Waals surface area contributed by atoms with Gasteiger partial charge in [0.1, 0.15) is 11.6 Å². The molecule has 36 heavy (non-hydrogen) atoms. The van der Waals surface area contributed by atoms with Gasteiger partial charge in [-0.1, -0.05) is 41.0 Å². The number of amides is 2. The predicted octanol–water partition coefficient (Wildman–Crippen LogP) is 3.29. The minimum absolute atomic E-state index is 0.0596. The van der Waals surface area contributed by atoms with Gasteiger partial charge < -0.3 is 15.1 Å². The first-order chi connectivity index (χ1) is 17.2. The molecular formula is C28H48N6O2. The molecule has 8 heteroatoms. The van der Waals surface area contributed by atoms with E-state index in [1.807, 2.05) is 17.3 Å². The summed E-state index contributed by atoms with van der Waals surface area (Å²) in [6.45, 7) is 15.6. The summed E-state index contributed by atoms with van der Waals surface area (Å²) in [7, 11) is 2.22. The first-order valence-electron chi connectivity index (χ1n) is 14.2. The van der Waals surface area contributed by atoms with Crippen molar-refractivity contribution in [2.45, 2.75) is 84.3 Å². The van der Waals surface area contributed by atoms with Crippen LogP contribution in [0.15, 0.2) is 12.4 Å². The summed E-state index contributed by atoms with van der Waals surface area (Å²) >= 11 is 0. The number of carbonyl (C=O) groups excluding carboxylic acids is 2. The van der Waals surface area contributed by atoms with E-state index in [0.717, 1.165) is 39.0 Å². The Morgan fingerprint density at radius 2 is 1.81 bits per heavy atom. The Hall–Kier alpha value is -1.93. The first kappa shape index (κ1) is 27.1. The van der Waals surface area contributed by atoms with Crippen LogP contribution in [0.4, 0.5) is 0 Å². The number of rotatable bonds is 8. The molecule has 2 amide bonds. The van der Waals surface area contributed by atoms with Crippen molar-refractivity contribution < 1.29 is 9.59 Å². The van der Waals surface area contributed by atoms with Gasteiger partial charge in [0.2, 0.25) is 11.8 Å². The Balaban J connectivity index is 1.57. The molecule has 3 aliphatic rings. The molecule has 3 unspecified atom stereocenters. The number of hydrogen-bond acceptors (Lipinski definition) is 5. The van der Waals surface area contributed by atoms with Gasteiger partial charge >= 0.3 is 0 Å². The van der Waals surface area contributed by atoms with Crippen molar-refractivity contribution in [3.05, 3.63) is 18.0 Å². The van der Waals surface area contributed by atoms with Gasteiger partial charge in [0.05, 0.1) is 6.20 Å². The normalized spacial score (nSPS) is 30.7. The van der Waals surface area contributed by atoms with Gasteiger partial charge in [-0.3, -0.25) is 19.6 Å². The number of nitrogens with one attached hydrogen (secondary N) is 2. The third kappa shape index (κ3) is 5.21. The third-order valence-electron chi connectivity index (χ3n) is 9.01. The van der Waals surface area contributed by atoms with E-state index in [1.165, 1.54) is 5.56 Å². The van der Waals surface area contributed by atoms with Gasteiger partial charge in [0, 0.05) is 50.5 Å². The number of aromatic nitrogens is 2. The van der Waals surface area contributed by atoms with Crippen LogP contribution < -0.4 is 5.32 Å². The van der Waals surface area contributed by atoms with Crippen LogP contribution in [0.25, 0.3) is 0 Å². The van der Waals surface area contributed by atoms with E-state index in [0.29, 0.717) is 49.5 Å². The zero-order valence-electron chi connectivity index (χ0n) is 23.3. The molecule has 0 aromatic carbocycles. The monoisotopic (exact) mass is 500 g/mol. The number of likely N-dealkylation sites (tertiary alicyclic amines) is 2. The van der Waals surface area contributed by atoms with Gasteiger partial charge in [-0.2, -0.15) is 5.10 Å². The zero-order chi connectivity index (χ0) is 26.0. The summed E-state index contributed by atoms with van der Waals surface area (Å²) in [5, 5.41) is 10.5. The molecule has 3 fully saturated rings. The fraction of sp³-hybridized carbons (Fsp3) is 0.821. The van der Waals surface area contributed by atoms with Crippen molar-refractivity contribution in [1.82, 2.24) is 30.2 Å². The van der Waals surface area contributed by atoms with Crippen LogP contribution in [-0.4, -0.2) is 88.1 Å². The van der Waals surface area contributed by atoms with Crippen molar-refractivity contribution in [1.29, 1.82) is 0 Å². The largest absolute Gasteiger partial charge is 0.342 e. The van der Waals surface area contributed by atoms with Gasteiger partial charge in [0.15, 0.2) is 0 Å². The predicted molar refractivity (Wildman–Crippen MR) is 142 cm³/mol. The van der Waals surface area contributed by atoms with E-state index in [4.69, 9.17) is 0 Å². The van der Waals surface area contributed by atoms with Crippen LogP contribution >= 0.6 is 0 Å². The van der Waals surface area contributed by atoms with Crippen molar-refractivity contribution in [2.24, 2.45) is 23.7 Å². The molecule has 4 atom stereocenters. The Morgan fingerprint density at radius 1 is 1.14 bits per heavy atom. The van der Waals surface area contributed by atoms with E-state index in [1.54, 1.807) is 0 Å². The van der Waals surface area contributed by atoms with Crippen LogP contribution in [0.2, 0.25) is 0 Å². The molecule has 202 valence electrons. The molecule has 1 aromatic heterocycles. The van der Waals surface area contributed by atoms with Crippen LogP contribution in [-0.2, 0) is 9.59 Å². The van der Waals surface area contributed by atoms with E-state index < -0.39 is 11.6 Å². The van der Waals surface area contributed by atoms with E-state index in [-0.39, 0.29) is 17.9 Å². The second kappa shape index (κ2) is 11.2. The number of unbranched alkanes of at least 4 members (excludes halogenated alkanes) is 1. The van der Waals surface area contributed by atoms with Gasteiger partial charge in [-0.05, 0) is 56.4 Å². The Morgan fingerprint density at radius 3 is 2.36 bits per heavy atom. The maximum Gasteiger partial charge on any atom is 0.246 e. The third-order valence-corrected chi connectivity index (χ3v) is 9.01. The van der Waals surface area contributed by atoms with Gasteiger partial charge in [0.25, 0.3) is 0 Å². The Bertz CT molecular complexity index is 867. The summed E-state index contributed by atoms with van der Waals surface area (Å²) in [4.78, 5) is 34.3. The molecule has 2 N–H and O–H groups in total. The van der Waals surface area contributed by atoms with Crippen LogP contribution in [0.3, 0.4) is 0 Å². The fourth-order valence-electron chi connectivity index (χ4n) is 7.40. The highest BCUT2D eigenvalue weighted by Crippen LogP contribution is 2.44. The molecule has 0 saturated carbocycles. The van der Waals surface area contributed by atoms with Crippen LogP contribution in [0.5, 0.6) is 0 Å². The highest BCUT2D eigenvalue weighted by Gasteiger charge is 2.54. The summed E-state index contributed by atoms with van der Waals surface area (Å²) in [6.07, 6.45) is 8.04. The van der Waals surface area contributed by atoms with E-state index >= 15 is 0 Å².